The van der Waals surface area contributed by atoms with Gasteiger partial charge in [0.2, 0.25) is 0 Å². The summed E-state index contributed by atoms with van der Waals surface area (Å²) in [5.74, 6) is 0. The number of rotatable bonds is 3. The molecule has 0 saturated carbocycles. The molecule has 0 fully saturated rings. The molecule has 4 nitrogen and oxygen atoms in total. The summed E-state index contributed by atoms with van der Waals surface area (Å²) in [6.45, 7) is 0. The van der Waals surface area contributed by atoms with Crippen molar-refractivity contribution in [2.24, 2.45) is 0 Å². The van der Waals surface area contributed by atoms with E-state index in [9.17, 15) is 5.26 Å². The van der Waals surface area contributed by atoms with Crippen molar-refractivity contribution in [3.63, 3.8) is 0 Å². The van der Waals surface area contributed by atoms with Crippen LogP contribution in [0.25, 0.3) is 76.5 Å². The van der Waals surface area contributed by atoms with Crippen molar-refractivity contribution < 1.29 is 0 Å². The molecule has 0 amide bonds. The molecule has 0 aliphatic heterocycles. The Morgan fingerprint density at radius 1 is 0.477 bits per heavy atom. The van der Waals surface area contributed by atoms with Gasteiger partial charge in [0.05, 0.1) is 39.0 Å². The number of nitrogens with one attached hydrogen (secondary N) is 1. The van der Waals surface area contributed by atoms with Crippen molar-refractivity contribution in [3.8, 4) is 17.4 Å². The van der Waals surface area contributed by atoms with Gasteiger partial charge in [-0.1, -0.05) is 84.9 Å². The molecule has 44 heavy (non-hydrogen) atoms. The van der Waals surface area contributed by atoms with Gasteiger partial charge in [0.25, 0.3) is 0 Å². The molecule has 0 spiro atoms. The maximum absolute atomic E-state index is 10.5. The van der Waals surface area contributed by atoms with Gasteiger partial charge < -0.3 is 14.5 Å². The third kappa shape index (κ3) is 3.35. The largest absolute Gasteiger partial charge is 0.308 e. The Hall–Kier alpha value is -6.18. The molecule has 0 radical (unpaired) electrons. The van der Waals surface area contributed by atoms with Crippen LogP contribution in [-0.2, 0) is 0 Å². The molecule has 0 saturated heterocycles. The molecule has 9 aromatic rings. The number of benzene rings is 7. The molecule has 0 aliphatic rings. The second-order valence-electron chi connectivity index (χ2n) is 11.3. The lowest BCUT2D eigenvalue weighted by Crippen LogP contribution is -2.05. The van der Waals surface area contributed by atoms with Crippen LogP contribution in [0.5, 0.6) is 0 Å². The van der Waals surface area contributed by atoms with Gasteiger partial charge in [0, 0.05) is 33.3 Å². The van der Waals surface area contributed by atoms with E-state index in [4.69, 9.17) is 5.41 Å². The molecular weight excluding hydrogens is 536 g/mol. The lowest BCUT2D eigenvalue weighted by Gasteiger charge is -2.17. The Labute approximate surface area is 252 Å². The molecular formula is C40H24N4. The van der Waals surface area contributed by atoms with Crippen LogP contribution >= 0.6 is 0 Å². The SMILES string of the molecule is N#Cc1cc(C=N)c(-n2c3ccccc3c3cc4ccccc4cc32)cc1-n1c2ccccc2c2cc3ccccc3cc21. The summed E-state index contributed by atoms with van der Waals surface area (Å²) in [4.78, 5) is 0. The van der Waals surface area contributed by atoms with Crippen LogP contribution in [0, 0.1) is 16.7 Å². The quantitative estimate of drug-likeness (QED) is 0.215. The van der Waals surface area contributed by atoms with Gasteiger partial charge in [0.1, 0.15) is 6.07 Å². The summed E-state index contributed by atoms with van der Waals surface area (Å²) >= 11 is 0. The second kappa shape index (κ2) is 9.16. The molecule has 0 bridgehead atoms. The maximum atomic E-state index is 10.5. The van der Waals surface area contributed by atoms with E-state index in [2.05, 4.69) is 143 Å². The Bertz CT molecular complexity index is 2700. The first-order chi connectivity index (χ1) is 21.7. The number of nitrogens with zero attached hydrogens (tertiary/aromatic N) is 3. The summed E-state index contributed by atoms with van der Waals surface area (Å²) in [5.41, 5.74) is 7.08. The monoisotopic (exact) mass is 560 g/mol. The van der Waals surface area contributed by atoms with Gasteiger partial charge in [-0.05, 0) is 70.1 Å². The Morgan fingerprint density at radius 2 is 0.932 bits per heavy atom. The van der Waals surface area contributed by atoms with E-state index in [1.54, 1.807) is 0 Å². The topological polar surface area (TPSA) is 57.5 Å². The van der Waals surface area contributed by atoms with Crippen molar-refractivity contribution in [3.05, 3.63) is 145 Å². The predicted molar refractivity (Wildman–Crippen MR) is 183 cm³/mol. The number of hydrogen-bond donors (Lipinski definition) is 1. The first-order valence-electron chi connectivity index (χ1n) is 14.7. The molecule has 7 aromatic carbocycles. The highest BCUT2D eigenvalue weighted by molar-refractivity contribution is 6.15. The van der Waals surface area contributed by atoms with Gasteiger partial charge in [-0.25, -0.2) is 0 Å². The fourth-order valence-corrected chi connectivity index (χ4v) is 7.01. The van der Waals surface area contributed by atoms with E-state index in [1.807, 2.05) is 6.07 Å². The molecule has 0 atom stereocenters. The summed E-state index contributed by atoms with van der Waals surface area (Å²) in [6.07, 6.45) is 1.36. The zero-order valence-electron chi connectivity index (χ0n) is 23.6. The van der Waals surface area contributed by atoms with E-state index < -0.39 is 0 Å². The fraction of sp³-hybridized carbons (Fsp3) is 0. The summed E-state index contributed by atoms with van der Waals surface area (Å²) in [5, 5.41) is 28.2. The lowest BCUT2D eigenvalue weighted by atomic mass is 10.0. The standard InChI is InChI=1S/C40H24N4/c41-23-29-17-30(24-42)38(44-36-16-8-6-14-32(36)34-19-26-10-2-4-12-28(26)21-40(34)44)22-37(29)43-35-15-7-5-13-31(35)33-18-25-9-1-3-11-27(25)20-39(33)43/h1-23,41H. The van der Waals surface area contributed by atoms with Crippen LogP contribution in [0.3, 0.4) is 0 Å². The zero-order valence-corrected chi connectivity index (χ0v) is 23.6. The number of fused-ring (bicyclic) bond motifs is 8. The number of aromatic nitrogens is 2. The van der Waals surface area contributed by atoms with Gasteiger partial charge in [-0.15, -0.1) is 0 Å². The van der Waals surface area contributed by atoms with E-state index >= 15 is 0 Å². The smallest absolute Gasteiger partial charge is 0.101 e. The minimum Gasteiger partial charge on any atom is -0.308 e. The fourth-order valence-electron chi connectivity index (χ4n) is 7.01. The summed E-state index contributed by atoms with van der Waals surface area (Å²) in [7, 11) is 0. The number of nitriles is 1. The first kappa shape index (κ1) is 24.4. The number of para-hydroxylation sites is 2. The van der Waals surface area contributed by atoms with E-state index in [1.165, 1.54) is 17.0 Å². The van der Waals surface area contributed by atoms with Gasteiger partial charge in [-0.3, -0.25) is 0 Å². The highest BCUT2D eigenvalue weighted by Crippen LogP contribution is 2.39. The molecule has 4 heteroatoms. The third-order valence-corrected chi connectivity index (χ3v) is 8.98. The van der Waals surface area contributed by atoms with Crippen LogP contribution in [-0.4, -0.2) is 15.3 Å². The lowest BCUT2D eigenvalue weighted by molar-refractivity contribution is 1.12. The van der Waals surface area contributed by atoms with E-state index in [-0.39, 0.29) is 0 Å². The van der Waals surface area contributed by atoms with Crippen LogP contribution in [0.15, 0.2) is 133 Å². The average Bonchev–Trinajstić information content (AvgIpc) is 3.57. The normalized spacial score (nSPS) is 11.7. The van der Waals surface area contributed by atoms with Crippen LogP contribution < -0.4 is 0 Å². The van der Waals surface area contributed by atoms with Gasteiger partial charge in [0.15, 0.2) is 0 Å². The molecule has 0 aliphatic carbocycles. The van der Waals surface area contributed by atoms with Gasteiger partial charge in [-0.2, -0.15) is 5.26 Å². The second-order valence-corrected chi connectivity index (χ2v) is 11.3. The summed E-state index contributed by atoms with van der Waals surface area (Å²) < 4.78 is 4.47. The Balaban J connectivity index is 1.44. The highest BCUT2D eigenvalue weighted by atomic mass is 15.0. The molecule has 9 rings (SSSR count). The van der Waals surface area contributed by atoms with Crippen molar-refractivity contribution in [2.45, 2.75) is 0 Å². The minimum atomic E-state index is 0.522. The zero-order chi connectivity index (χ0) is 29.4. The minimum absolute atomic E-state index is 0.522. The van der Waals surface area contributed by atoms with Crippen molar-refractivity contribution >= 4 is 71.4 Å². The van der Waals surface area contributed by atoms with Crippen molar-refractivity contribution in [2.75, 3.05) is 0 Å². The molecule has 204 valence electrons. The van der Waals surface area contributed by atoms with E-state index in [0.717, 1.165) is 65.8 Å². The average molecular weight is 561 g/mol. The predicted octanol–water partition coefficient (Wildman–Crippen LogP) is 10.1. The Kier molecular flexibility index (Phi) is 5.08. The van der Waals surface area contributed by atoms with Crippen LogP contribution in [0.4, 0.5) is 0 Å². The van der Waals surface area contributed by atoms with Gasteiger partial charge >= 0.3 is 0 Å². The number of hydrogen-bond acceptors (Lipinski definition) is 2. The molecule has 2 aromatic heterocycles. The van der Waals surface area contributed by atoms with Crippen molar-refractivity contribution in [1.82, 2.24) is 9.13 Å². The van der Waals surface area contributed by atoms with Crippen LogP contribution in [0.2, 0.25) is 0 Å². The summed E-state index contributed by atoms with van der Waals surface area (Å²) in [6, 6.07) is 49.1. The van der Waals surface area contributed by atoms with Crippen LogP contribution in [0.1, 0.15) is 11.1 Å². The molecule has 2 heterocycles. The van der Waals surface area contributed by atoms with Crippen molar-refractivity contribution in [1.29, 1.82) is 10.7 Å². The maximum Gasteiger partial charge on any atom is 0.101 e. The highest BCUT2D eigenvalue weighted by Gasteiger charge is 2.21. The molecule has 0 unspecified atom stereocenters. The van der Waals surface area contributed by atoms with E-state index in [0.29, 0.717) is 11.1 Å². The molecule has 1 N–H and O–H groups in total. The third-order valence-electron chi connectivity index (χ3n) is 8.98. The first-order valence-corrected chi connectivity index (χ1v) is 14.7. The Morgan fingerprint density at radius 3 is 1.43 bits per heavy atom.